The maximum atomic E-state index is 14.1. The Bertz CT molecular complexity index is 677. The third-order valence-electron chi connectivity index (χ3n) is 2.47. The molecule has 0 radical (unpaired) electrons. The van der Waals surface area contributed by atoms with E-state index in [0.29, 0.717) is 4.68 Å². The van der Waals surface area contributed by atoms with Crippen molar-refractivity contribution in [2.45, 2.75) is 6.18 Å². The second-order valence-electron chi connectivity index (χ2n) is 3.80. The van der Waals surface area contributed by atoms with Gasteiger partial charge >= 0.3 is 6.18 Å². The molecule has 1 aromatic heterocycles. The summed E-state index contributed by atoms with van der Waals surface area (Å²) in [6.07, 6.45) is -4.99. The minimum absolute atomic E-state index is 0.143. The van der Waals surface area contributed by atoms with E-state index >= 15 is 0 Å². The van der Waals surface area contributed by atoms with E-state index in [1.807, 2.05) is 0 Å². The number of halogens is 7. The summed E-state index contributed by atoms with van der Waals surface area (Å²) >= 11 is 17.4. The highest BCUT2D eigenvalue weighted by molar-refractivity contribution is 6.40. The number of hydrogen-bond donors (Lipinski definition) is 0. The molecule has 1 aromatic carbocycles. The summed E-state index contributed by atoms with van der Waals surface area (Å²) < 4.78 is 57.3. The topological polar surface area (TPSA) is 27.1 Å². The summed E-state index contributed by atoms with van der Waals surface area (Å²) in [5.74, 6) is -2.62. The van der Waals surface area contributed by atoms with Crippen molar-refractivity contribution in [2.24, 2.45) is 0 Å². The molecule has 0 unspecified atom stereocenters. The minimum Gasteiger partial charge on any atom is -0.479 e. The molecule has 114 valence electrons. The molecular weight excluding hydrogens is 358 g/mol. The van der Waals surface area contributed by atoms with Crippen LogP contribution >= 0.6 is 34.8 Å². The second kappa shape index (κ2) is 5.55. The van der Waals surface area contributed by atoms with Crippen LogP contribution in [-0.2, 0) is 6.18 Å². The number of rotatable bonds is 2. The van der Waals surface area contributed by atoms with Crippen molar-refractivity contribution in [3.8, 4) is 11.6 Å². The van der Waals surface area contributed by atoms with Crippen LogP contribution in [0, 0.1) is 5.95 Å². The Morgan fingerprint density at radius 1 is 1.14 bits per heavy atom. The highest BCUT2D eigenvalue weighted by atomic mass is 35.5. The predicted molar refractivity (Wildman–Crippen MR) is 70.1 cm³/mol. The van der Waals surface area contributed by atoms with Crippen LogP contribution in [0.4, 0.5) is 17.6 Å². The number of aromatic nitrogens is 2. The molecule has 0 saturated heterocycles. The predicted octanol–water partition coefficient (Wildman–Crippen LogP) is 5.00. The smallest absolute Gasteiger partial charge is 0.426 e. The van der Waals surface area contributed by atoms with Crippen LogP contribution in [0.25, 0.3) is 5.69 Å². The largest absolute Gasteiger partial charge is 0.479 e. The summed E-state index contributed by atoms with van der Waals surface area (Å²) in [4.78, 5) is 0. The molecule has 1 heterocycles. The minimum atomic E-state index is -4.99. The molecule has 0 amide bonds. The van der Waals surface area contributed by atoms with Crippen molar-refractivity contribution >= 4 is 34.8 Å². The number of methoxy groups -OCH3 is 1. The van der Waals surface area contributed by atoms with Crippen LogP contribution in [0.3, 0.4) is 0 Å². The van der Waals surface area contributed by atoms with Gasteiger partial charge in [0.05, 0.1) is 17.2 Å². The average molecular weight is 364 g/mol. The molecule has 10 heteroatoms. The average Bonchev–Trinajstić information content (AvgIpc) is 2.65. The van der Waals surface area contributed by atoms with E-state index in [1.54, 1.807) is 0 Å². The van der Waals surface area contributed by atoms with Crippen LogP contribution in [0.2, 0.25) is 15.1 Å². The van der Waals surface area contributed by atoms with Crippen molar-refractivity contribution in [2.75, 3.05) is 7.11 Å². The lowest BCUT2D eigenvalue weighted by Gasteiger charge is -2.08. The first-order valence-corrected chi connectivity index (χ1v) is 6.34. The van der Waals surface area contributed by atoms with E-state index in [4.69, 9.17) is 34.8 Å². The van der Waals surface area contributed by atoms with Gasteiger partial charge < -0.3 is 4.74 Å². The van der Waals surface area contributed by atoms with Gasteiger partial charge in [0.25, 0.3) is 0 Å². The summed E-state index contributed by atoms with van der Waals surface area (Å²) in [6, 6.07) is 2.40. The molecule has 0 bridgehead atoms. The first-order chi connectivity index (χ1) is 9.66. The second-order valence-corrected chi connectivity index (χ2v) is 5.05. The number of benzene rings is 1. The Balaban J connectivity index is 2.75. The molecule has 0 saturated carbocycles. The van der Waals surface area contributed by atoms with Gasteiger partial charge in [-0.05, 0) is 12.1 Å². The fraction of sp³-hybridized carbons (Fsp3) is 0.182. The van der Waals surface area contributed by atoms with E-state index in [-0.39, 0.29) is 20.8 Å². The van der Waals surface area contributed by atoms with Gasteiger partial charge in [0.15, 0.2) is 5.56 Å². The molecule has 0 spiro atoms. The van der Waals surface area contributed by atoms with Crippen molar-refractivity contribution in [1.29, 1.82) is 0 Å². The molecule has 0 aliphatic heterocycles. The third kappa shape index (κ3) is 2.90. The zero-order chi connectivity index (χ0) is 15.9. The molecule has 2 aromatic rings. The Morgan fingerprint density at radius 2 is 1.67 bits per heavy atom. The SMILES string of the molecule is COc1nn(-c2c(Cl)cc(Cl)cc2Cl)c(F)c1C(F)(F)F. The first-order valence-electron chi connectivity index (χ1n) is 5.21. The number of ether oxygens (including phenoxy) is 1. The molecular formula is C11H5Cl3F4N2O. The van der Waals surface area contributed by atoms with E-state index in [0.717, 1.165) is 7.11 Å². The fourth-order valence-corrected chi connectivity index (χ4v) is 2.62. The molecule has 3 nitrogen and oxygen atoms in total. The van der Waals surface area contributed by atoms with Crippen LogP contribution in [0.15, 0.2) is 12.1 Å². The normalized spacial score (nSPS) is 11.8. The van der Waals surface area contributed by atoms with Crippen LogP contribution in [0.5, 0.6) is 5.88 Å². The highest BCUT2D eigenvalue weighted by Crippen LogP contribution is 2.40. The monoisotopic (exact) mass is 362 g/mol. The van der Waals surface area contributed by atoms with Crippen molar-refractivity contribution in [3.05, 3.63) is 38.7 Å². The molecule has 0 aliphatic rings. The van der Waals surface area contributed by atoms with Gasteiger partial charge in [-0.3, -0.25) is 0 Å². The van der Waals surface area contributed by atoms with Crippen molar-refractivity contribution in [3.63, 3.8) is 0 Å². The molecule has 0 aliphatic carbocycles. The van der Waals surface area contributed by atoms with Gasteiger partial charge in [-0.15, -0.1) is 5.10 Å². The standard InChI is InChI=1S/C11H5Cl3F4N2O/c1-21-10-7(11(16,17)18)9(15)20(19-10)8-5(13)2-4(12)3-6(8)14/h2-3H,1H3. The van der Waals surface area contributed by atoms with Crippen molar-refractivity contribution in [1.82, 2.24) is 9.78 Å². The molecule has 21 heavy (non-hydrogen) atoms. The quantitative estimate of drug-likeness (QED) is 0.702. The first kappa shape index (κ1) is 16.2. The lowest BCUT2D eigenvalue weighted by atomic mass is 10.3. The Labute approximate surface area is 131 Å². The molecule has 0 atom stereocenters. The number of nitrogens with zero attached hydrogens (tertiary/aromatic N) is 2. The van der Waals surface area contributed by atoms with Gasteiger partial charge in [0.2, 0.25) is 11.8 Å². The van der Waals surface area contributed by atoms with Crippen LogP contribution < -0.4 is 4.74 Å². The summed E-state index contributed by atoms with van der Waals surface area (Å²) in [6.45, 7) is 0. The van der Waals surface area contributed by atoms with Gasteiger partial charge in [0, 0.05) is 5.02 Å². The van der Waals surface area contributed by atoms with Gasteiger partial charge in [-0.2, -0.15) is 22.2 Å². The lowest BCUT2D eigenvalue weighted by Crippen LogP contribution is -2.09. The summed E-state index contributed by atoms with van der Waals surface area (Å²) in [5, 5.41) is 3.22. The lowest BCUT2D eigenvalue weighted by molar-refractivity contribution is -0.141. The van der Waals surface area contributed by atoms with Gasteiger partial charge in [-0.25, -0.2) is 0 Å². The van der Waals surface area contributed by atoms with E-state index < -0.39 is 23.6 Å². The third-order valence-corrected chi connectivity index (χ3v) is 3.26. The van der Waals surface area contributed by atoms with Crippen LogP contribution in [-0.4, -0.2) is 16.9 Å². The Hall–Kier alpha value is -1.18. The van der Waals surface area contributed by atoms with Crippen LogP contribution in [0.1, 0.15) is 5.56 Å². The fourth-order valence-electron chi connectivity index (χ4n) is 1.65. The molecule has 2 rings (SSSR count). The van der Waals surface area contributed by atoms with Gasteiger partial charge in [0.1, 0.15) is 5.69 Å². The number of hydrogen-bond acceptors (Lipinski definition) is 2. The maximum absolute atomic E-state index is 14.1. The van der Waals surface area contributed by atoms with Crippen molar-refractivity contribution < 1.29 is 22.3 Å². The highest BCUT2D eigenvalue weighted by Gasteiger charge is 2.42. The maximum Gasteiger partial charge on any atom is 0.426 e. The summed E-state index contributed by atoms with van der Waals surface area (Å²) in [5.41, 5.74) is -1.92. The van der Waals surface area contributed by atoms with E-state index in [9.17, 15) is 17.6 Å². The zero-order valence-electron chi connectivity index (χ0n) is 10.1. The van der Waals surface area contributed by atoms with E-state index in [1.165, 1.54) is 12.1 Å². The molecule has 0 N–H and O–H groups in total. The molecule has 0 fully saturated rings. The summed E-state index contributed by atoms with van der Waals surface area (Å²) in [7, 11) is 0.937. The zero-order valence-corrected chi connectivity index (χ0v) is 12.4. The van der Waals surface area contributed by atoms with Gasteiger partial charge in [-0.1, -0.05) is 34.8 Å². The Morgan fingerprint density at radius 3 is 2.05 bits per heavy atom. The number of alkyl halides is 3. The van der Waals surface area contributed by atoms with E-state index in [2.05, 4.69) is 9.84 Å². The Kier molecular flexibility index (Phi) is 4.28.